The average Bonchev–Trinajstić information content (AvgIpc) is 2.69. The first-order valence-electron chi connectivity index (χ1n) is 4.30. The van der Waals surface area contributed by atoms with Gasteiger partial charge in [-0.3, -0.25) is 4.79 Å². The SMILES string of the molecule is O=Cc1nonc1Cc1ccc(F)cc1. The number of aldehydes is 1. The van der Waals surface area contributed by atoms with Crippen molar-refractivity contribution in [2.24, 2.45) is 0 Å². The van der Waals surface area contributed by atoms with Crippen LogP contribution in [-0.4, -0.2) is 16.6 Å². The minimum atomic E-state index is -0.298. The van der Waals surface area contributed by atoms with Gasteiger partial charge in [0.05, 0.1) is 0 Å². The van der Waals surface area contributed by atoms with Gasteiger partial charge in [-0.1, -0.05) is 17.3 Å². The molecular formula is C10H7FN2O2. The van der Waals surface area contributed by atoms with Gasteiger partial charge < -0.3 is 0 Å². The van der Waals surface area contributed by atoms with E-state index >= 15 is 0 Å². The summed E-state index contributed by atoms with van der Waals surface area (Å²) in [4.78, 5) is 10.5. The Morgan fingerprint density at radius 1 is 1.27 bits per heavy atom. The van der Waals surface area contributed by atoms with Crippen LogP contribution in [0.25, 0.3) is 0 Å². The zero-order valence-corrected chi connectivity index (χ0v) is 7.68. The summed E-state index contributed by atoms with van der Waals surface area (Å²) in [7, 11) is 0. The van der Waals surface area contributed by atoms with Crippen molar-refractivity contribution in [3.63, 3.8) is 0 Å². The van der Waals surface area contributed by atoms with E-state index in [0.717, 1.165) is 5.56 Å². The standard InChI is InChI=1S/C10H7FN2O2/c11-8-3-1-7(2-4-8)5-9-10(6-14)13-15-12-9/h1-4,6H,5H2. The molecule has 1 aromatic heterocycles. The summed E-state index contributed by atoms with van der Waals surface area (Å²) in [6, 6.07) is 5.95. The number of carbonyl (C=O) groups excluding carboxylic acids is 1. The molecule has 0 spiro atoms. The Labute approximate surface area is 84.7 Å². The van der Waals surface area contributed by atoms with Gasteiger partial charge in [0.15, 0.2) is 12.0 Å². The van der Waals surface area contributed by atoms with E-state index in [4.69, 9.17) is 0 Å². The number of hydrogen-bond donors (Lipinski definition) is 0. The smallest absolute Gasteiger partial charge is 0.173 e. The van der Waals surface area contributed by atoms with Gasteiger partial charge >= 0.3 is 0 Å². The van der Waals surface area contributed by atoms with Crippen molar-refractivity contribution in [1.82, 2.24) is 10.3 Å². The van der Waals surface area contributed by atoms with Gasteiger partial charge in [-0.25, -0.2) is 9.02 Å². The highest BCUT2D eigenvalue weighted by atomic mass is 19.1. The molecule has 0 saturated heterocycles. The molecule has 5 heteroatoms. The molecular weight excluding hydrogens is 199 g/mol. The summed E-state index contributed by atoms with van der Waals surface area (Å²) in [5, 5.41) is 7.01. The first kappa shape index (κ1) is 9.51. The number of halogens is 1. The Kier molecular flexibility index (Phi) is 2.53. The third-order valence-electron chi connectivity index (χ3n) is 1.98. The van der Waals surface area contributed by atoms with Crippen molar-refractivity contribution >= 4 is 6.29 Å². The second-order valence-corrected chi connectivity index (χ2v) is 3.02. The molecule has 76 valence electrons. The van der Waals surface area contributed by atoms with Crippen molar-refractivity contribution in [2.75, 3.05) is 0 Å². The Bertz CT molecular complexity index is 465. The lowest BCUT2D eigenvalue weighted by atomic mass is 10.1. The summed E-state index contributed by atoms with van der Waals surface area (Å²) in [6.07, 6.45) is 0.979. The predicted octanol–water partition coefficient (Wildman–Crippen LogP) is 1.61. The van der Waals surface area contributed by atoms with E-state index in [-0.39, 0.29) is 11.5 Å². The molecule has 0 radical (unpaired) electrons. The molecule has 0 bridgehead atoms. The van der Waals surface area contributed by atoms with Crippen molar-refractivity contribution in [2.45, 2.75) is 6.42 Å². The number of benzene rings is 1. The topological polar surface area (TPSA) is 56.0 Å². The van der Waals surface area contributed by atoms with Gasteiger partial charge in [0.2, 0.25) is 0 Å². The highest BCUT2D eigenvalue weighted by molar-refractivity contribution is 5.73. The zero-order valence-electron chi connectivity index (χ0n) is 7.68. The van der Waals surface area contributed by atoms with E-state index < -0.39 is 0 Å². The summed E-state index contributed by atoms with van der Waals surface area (Å²) in [5.41, 5.74) is 1.48. The molecule has 1 heterocycles. The molecule has 0 aliphatic heterocycles. The quantitative estimate of drug-likeness (QED) is 0.716. The molecule has 15 heavy (non-hydrogen) atoms. The highest BCUT2D eigenvalue weighted by Gasteiger charge is 2.09. The van der Waals surface area contributed by atoms with E-state index in [0.29, 0.717) is 18.4 Å². The molecule has 1 aromatic carbocycles. The molecule has 0 aliphatic carbocycles. The second-order valence-electron chi connectivity index (χ2n) is 3.02. The summed E-state index contributed by atoms with van der Waals surface area (Å²) in [6.45, 7) is 0. The van der Waals surface area contributed by atoms with E-state index in [1.807, 2.05) is 0 Å². The average molecular weight is 206 g/mol. The fourth-order valence-corrected chi connectivity index (χ4v) is 1.22. The third kappa shape index (κ3) is 2.07. The van der Waals surface area contributed by atoms with Gasteiger partial charge in [-0.2, -0.15) is 0 Å². The van der Waals surface area contributed by atoms with Crippen LogP contribution in [0, 0.1) is 5.82 Å². The van der Waals surface area contributed by atoms with Crippen molar-refractivity contribution in [1.29, 1.82) is 0 Å². The van der Waals surface area contributed by atoms with Crippen LogP contribution < -0.4 is 0 Å². The Morgan fingerprint density at radius 2 is 2.00 bits per heavy atom. The first-order chi connectivity index (χ1) is 7.29. The molecule has 4 nitrogen and oxygen atoms in total. The highest BCUT2D eigenvalue weighted by Crippen LogP contribution is 2.10. The second kappa shape index (κ2) is 4.00. The molecule has 0 fully saturated rings. The molecule has 0 amide bonds. The monoisotopic (exact) mass is 206 g/mol. The van der Waals surface area contributed by atoms with Crippen molar-refractivity contribution in [3.8, 4) is 0 Å². The molecule has 0 N–H and O–H groups in total. The summed E-state index contributed by atoms with van der Waals surface area (Å²) < 4.78 is 17.0. The van der Waals surface area contributed by atoms with E-state index in [1.54, 1.807) is 12.1 Å². The number of aromatic nitrogens is 2. The van der Waals surface area contributed by atoms with Crippen LogP contribution in [0.2, 0.25) is 0 Å². The minimum Gasteiger partial charge on any atom is -0.296 e. The van der Waals surface area contributed by atoms with Gasteiger partial charge in [-0.05, 0) is 22.9 Å². The number of nitrogens with zero attached hydrogens (tertiary/aromatic N) is 2. The molecule has 0 unspecified atom stereocenters. The Morgan fingerprint density at radius 3 is 2.67 bits per heavy atom. The maximum atomic E-state index is 12.6. The van der Waals surface area contributed by atoms with Crippen LogP contribution in [-0.2, 0) is 6.42 Å². The minimum absolute atomic E-state index is 0.180. The maximum absolute atomic E-state index is 12.6. The van der Waals surface area contributed by atoms with Crippen LogP contribution in [0.5, 0.6) is 0 Å². The van der Waals surface area contributed by atoms with Crippen LogP contribution in [0.4, 0.5) is 4.39 Å². The molecule has 0 aliphatic rings. The summed E-state index contributed by atoms with van der Waals surface area (Å²) in [5.74, 6) is -0.298. The predicted molar refractivity (Wildman–Crippen MR) is 48.9 cm³/mol. The Balaban J connectivity index is 2.21. The van der Waals surface area contributed by atoms with Crippen molar-refractivity contribution in [3.05, 3.63) is 47.0 Å². The van der Waals surface area contributed by atoms with Crippen LogP contribution in [0.15, 0.2) is 28.9 Å². The van der Waals surface area contributed by atoms with Gasteiger partial charge in [0.1, 0.15) is 11.5 Å². The van der Waals surface area contributed by atoms with E-state index in [9.17, 15) is 9.18 Å². The molecule has 2 rings (SSSR count). The normalized spacial score (nSPS) is 10.2. The van der Waals surface area contributed by atoms with Crippen molar-refractivity contribution < 1.29 is 13.8 Å². The van der Waals surface area contributed by atoms with Crippen LogP contribution in [0.3, 0.4) is 0 Å². The fraction of sp³-hybridized carbons (Fsp3) is 0.100. The third-order valence-corrected chi connectivity index (χ3v) is 1.98. The van der Waals surface area contributed by atoms with E-state index in [1.165, 1.54) is 12.1 Å². The summed E-state index contributed by atoms with van der Waals surface area (Å²) >= 11 is 0. The molecule has 0 saturated carbocycles. The lowest BCUT2D eigenvalue weighted by Crippen LogP contribution is -1.93. The zero-order chi connectivity index (χ0) is 10.7. The van der Waals surface area contributed by atoms with Crippen LogP contribution in [0.1, 0.15) is 21.7 Å². The van der Waals surface area contributed by atoms with Gasteiger partial charge in [-0.15, -0.1) is 0 Å². The lowest BCUT2D eigenvalue weighted by molar-refractivity contribution is 0.111. The lowest BCUT2D eigenvalue weighted by Gasteiger charge is -1.96. The molecule has 2 aromatic rings. The van der Waals surface area contributed by atoms with Gasteiger partial charge in [0.25, 0.3) is 0 Å². The largest absolute Gasteiger partial charge is 0.296 e. The first-order valence-corrected chi connectivity index (χ1v) is 4.30. The van der Waals surface area contributed by atoms with Crippen LogP contribution >= 0.6 is 0 Å². The van der Waals surface area contributed by atoms with E-state index in [2.05, 4.69) is 14.9 Å². The fourth-order valence-electron chi connectivity index (χ4n) is 1.22. The number of carbonyl (C=O) groups is 1. The maximum Gasteiger partial charge on any atom is 0.173 e. The number of rotatable bonds is 3. The number of hydrogen-bond acceptors (Lipinski definition) is 4. The Hall–Kier alpha value is -2.04. The molecule has 0 atom stereocenters. The van der Waals surface area contributed by atoms with Gasteiger partial charge in [0, 0.05) is 6.42 Å².